The first-order chi connectivity index (χ1) is 4.24. The third-order valence-electron chi connectivity index (χ3n) is 1.24. The summed E-state index contributed by atoms with van der Waals surface area (Å²) >= 11 is 2.08. The number of alkyl halides is 1. The van der Waals surface area contributed by atoms with Gasteiger partial charge in [-0.3, -0.25) is 4.79 Å². The highest BCUT2D eigenvalue weighted by Gasteiger charge is 2.31. The zero-order chi connectivity index (χ0) is 6.85. The summed E-state index contributed by atoms with van der Waals surface area (Å²) in [6.07, 6.45) is -0.680. The van der Waals surface area contributed by atoms with Gasteiger partial charge >= 0.3 is 5.97 Å². The molecule has 1 rings (SSSR count). The zero-order valence-corrected chi connectivity index (χ0v) is 6.87. The van der Waals surface area contributed by atoms with Crippen LogP contribution in [0.25, 0.3) is 0 Å². The fraction of sp³-hybridized carbons (Fsp3) is 0.800. The highest BCUT2D eigenvalue weighted by molar-refractivity contribution is 14.1. The van der Waals surface area contributed by atoms with Gasteiger partial charge in [0.1, 0.15) is 12.2 Å². The van der Waals surface area contributed by atoms with Crippen molar-refractivity contribution in [3.05, 3.63) is 0 Å². The predicted octanol–water partition coefficient (Wildman–Crippen LogP) is 0.0978. The summed E-state index contributed by atoms with van der Waals surface area (Å²) < 4.78 is 5.40. The molecule has 1 aliphatic rings. The Kier molecular flexibility index (Phi) is 2.29. The van der Waals surface area contributed by atoms with Crippen molar-refractivity contribution >= 4 is 28.6 Å². The first-order valence-electron chi connectivity index (χ1n) is 2.67. The molecular weight excluding hydrogens is 235 g/mol. The maximum absolute atomic E-state index is 10.4. The largest absolute Gasteiger partial charge is 0.459 e. The van der Waals surface area contributed by atoms with E-state index in [0.717, 1.165) is 0 Å². The molecule has 0 aromatic rings. The second kappa shape index (κ2) is 2.83. The van der Waals surface area contributed by atoms with Gasteiger partial charge < -0.3 is 9.84 Å². The summed E-state index contributed by atoms with van der Waals surface area (Å²) in [6.45, 7) is 0. The zero-order valence-electron chi connectivity index (χ0n) is 4.71. The maximum Gasteiger partial charge on any atom is 0.308 e. The Labute approximate surface area is 66.5 Å². The predicted molar refractivity (Wildman–Crippen MR) is 39.4 cm³/mol. The Bertz CT molecular complexity index is 125. The summed E-state index contributed by atoms with van der Waals surface area (Å²) in [6, 6.07) is 0. The number of esters is 1. The lowest BCUT2D eigenvalue weighted by Crippen LogP contribution is -2.21. The first-order valence-corrected chi connectivity index (χ1v) is 4.20. The van der Waals surface area contributed by atoms with Crippen molar-refractivity contribution in [2.24, 2.45) is 0 Å². The molecule has 0 radical (unpaired) electrons. The monoisotopic (exact) mass is 242 g/mol. The lowest BCUT2D eigenvalue weighted by atomic mass is 10.2. The minimum absolute atomic E-state index is 0.160. The van der Waals surface area contributed by atoms with Crippen molar-refractivity contribution < 1.29 is 14.6 Å². The van der Waals surface area contributed by atoms with E-state index in [1.807, 2.05) is 0 Å². The molecule has 0 unspecified atom stereocenters. The number of carbonyl (C=O) groups is 1. The van der Waals surface area contributed by atoms with Crippen LogP contribution in [-0.4, -0.2) is 27.7 Å². The van der Waals surface area contributed by atoms with Crippen LogP contribution in [0, 0.1) is 0 Å². The number of aliphatic hydroxyl groups excluding tert-OH is 1. The van der Waals surface area contributed by atoms with Crippen LogP contribution in [0.5, 0.6) is 0 Å². The number of ether oxygens (including phenoxy) is 1. The molecule has 1 saturated heterocycles. The lowest BCUT2D eigenvalue weighted by Gasteiger charge is -2.06. The molecule has 0 spiro atoms. The van der Waals surface area contributed by atoms with Gasteiger partial charge in [-0.25, -0.2) is 0 Å². The first kappa shape index (κ1) is 7.27. The molecule has 1 aliphatic heterocycles. The van der Waals surface area contributed by atoms with E-state index < -0.39 is 6.10 Å². The van der Waals surface area contributed by atoms with Crippen molar-refractivity contribution in [2.45, 2.75) is 18.6 Å². The summed E-state index contributed by atoms with van der Waals surface area (Å²) in [5.41, 5.74) is 0. The van der Waals surface area contributed by atoms with Crippen LogP contribution in [0.3, 0.4) is 0 Å². The molecule has 2 atom stereocenters. The van der Waals surface area contributed by atoms with E-state index in [1.165, 1.54) is 0 Å². The molecule has 0 aliphatic carbocycles. The van der Waals surface area contributed by atoms with E-state index >= 15 is 0 Å². The van der Waals surface area contributed by atoms with Gasteiger partial charge in [0.15, 0.2) is 0 Å². The number of cyclic esters (lactones) is 1. The number of aliphatic hydroxyl groups is 1. The normalized spacial score (nSPS) is 34.7. The SMILES string of the molecule is O=C1C[C@H](O)[C@H](CI)O1. The van der Waals surface area contributed by atoms with Gasteiger partial charge in [-0.05, 0) is 0 Å². The van der Waals surface area contributed by atoms with Gasteiger partial charge in [-0.1, -0.05) is 22.6 Å². The molecule has 1 heterocycles. The van der Waals surface area contributed by atoms with E-state index in [4.69, 9.17) is 9.84 Å². The van der Waals surface area contributed by atoms with Crippen molar-refractivity contribution in [2.75, 3.05) is 4.43 Å². The lowest BCUT2D eigenvalue weighted by molar-refractivity contribution is -0.140. The van der Waals surface area contributed by atoms with Crippen molar-refractivity contribution in [1.82, 2.24) is 0 Å². The molecular formula is C5H7IO3. The van der Waals surface area contributed by atoms with Crippen molar-refractivity contribution in [1.29, 1.82) is 0 Å². The molecule has 0 saturated carbocycles. The van der Waals surface area contributed by atoms with E-state index in [-0.39, 0.29) is 18.5 Å². The number of rotatable bonds is 1. The minimum Gasteiger partial charge on any atom is -0.459 e. The molecule has 0 aromatic heterocycles. The highest BCUT2D eigenvalue weighted by atomic mass is 127. The van der Waals surface area contributed by atoms with Crippen LogP contribution < -0.4 is 0 Å². The van der Waals surface area contributed by atoms with E-state index in [2.05, 4.69) is 22.6 Å². The topological polar surface area (TPSA) is 46.5 Å². The van der Waals surface area contributed by atoms with Gasteiger partial charge in [0.2, 0.25) is 0 Å². The Morgan fingerprint density at radius 1 is 1.89 bits per heavy atom. The number of halogens is 1. The molecule has 1 fully saturated rings. The summed E-state index contributed by atoms with van der Waals surface area (Å²) in [7, 11) is 0. The Morgan fingerprint density at radius 2 is 2.56 bits per heavy atom. The van der Waals surface area contributed by atoms with Gasteiger partial charge in [-0.15, -0.1) is 0 Å². The summed E-state index contributed by atoms with van der Waals surface area (Å²) in [4.78, 5) is 10.4. The maximum atomic E-state index is 10.4. The number of hydrogen-bond donors (Lipinski definition) is 1. The van der Waals surface area contributed by atoms with E-state index in [1.54, 1.807) is 0 Å². The van der Waals surface area contributed by atoms with Crippen LogP contribution in [0.15, 0.2) is 0 Å². The van der Waals surface area contributed by atoms with Crippen LogP contribution >= 0.6 is 22.6 Å². The number of hydrogen-bond acceptors (Lipinski definition) is 3. The molecule has 1 N–H and O–H groups in total. The Hall–Kier alpha value is 0.160. The highest BCUT2D eigenvalue weighted by Crippen LogP contribution is 2.16. The minimum atomic E-state index is -0.575. The fourth-order valence-electron chi connectivity index (χ4n) is 0.732. The van der Waals surface area contributed by atoms with Crippen LogP contribution in [0.4, 0.5) is 0 Å². The third-order valence-corrected chi connectivity index (χ3v) is 2.11. The molecule has 3 nitrogen and oxygen atoms in total. The number of carbonyl (C=O) groups excluding carboxylic acids is 1. The standard InChI is InChI=1S/C5H7IO3/c6-2-4-3(7)1-5(8)9-4/h3-4,7H,1-2H2/t3-,4-/m0/s1. The molecule has 0 bridgehead atoms. The van der Waals surface area contributed by atoms with Gasteiger partial charge in [-0.2, -0.15) is 0 Å². The second-order valence-corrected chi connectivity index (χ2v) is 2.83. The second-order valence-electron chi connectivity index (χ2n) is 1.95. The molecule has 0 aromatic carbocycles. The summed E-state index contributed by atoms with van der Waals surface area (Å²) in [5, 5.41) is 9.01. The van der Waals surface area contributed by atoms with Gasteiger partial charge in [0, 0.05) is 4.43 Å². The van der Waals surface area contributed by atoms with Crippen LogP contribution in [-0.2, 0) is 9.53 Å². The van der Waals surface area contributed by atoms with Crippen molar-refractivity contribution in [3.63, 3.8) is 0 Å². The van der Waals surface area contributed by atoms with Gasteiger partial charge in [0.05, 0.1) is 6.42 Å². The molecule has 4 heteroatoms. The molecule has 52 valence electrons. The average molecular weight is 242 g/mol. The molecule has 0 amide bonds. The third kappa shape index (κ3) is 1.54. The quantitative estimate of drug-likeness (QED) is 0.403. The molecule has 9 heavy (non-hydrogen) atoms. The summed E-state index contributed by atoms with van der Waals surface area (Å²) in [5.74, 6) is -0.288. The van der Waals surface area contributed by atoms with E-state index in [9.17, 15) is 4.79 Å². The van der Waals surface area contributed by atoms with E-state index in [0.29, 0.717) is 4.43 Å². The Balaban J connectivity index is 2.47. The fourth-order valence-corrected chi connectivity index (χ4v) is 1.50. The smallest absolute Gasteiger partial charge is 0.308 e. The van der Waals surface area contributed by atoms with Gasteiger partial charge in [0.25, 0.3) is 0 Å². The van der Waals surface area contributed by atoms with Crippen LogP contribution in [0.2, 0.25) is 0 Å². The average Bonchev–Trinajstić information content (AvgIpc) is 2.10. The van der Waals surface area contributed by atoms with Crippen molar-refractivity contribution in [3.8, 4) is 0 Å². The Morgan fingerprint density at radius 3 is 2.78 bits per heavy atom. The van der Waals surface area contributed by atoms with Crippen LogP contribution in [0.1, 0.15) is 6.42 Å².